The third-order valence-corrected chi connectivity index (χ3v) is 7.02. The third-order valence-electron chi connectivity index (χ3n) is 7.02. The fraction of sp³-hybridized carbons (Fsp3) is 0.400. The Hall–Kier alpha value is -4.54. The van der Waals surface area contributed by atoms with E-state index in [2.05, 4.69) is 4.98 Å². The predicted octanol–water partition coefficient (Wildman–Crippen LogP) is 5.30. The maximum absolute atomic E-state index is 12.5. The van der Waals surface area contributed by atoms with Crippen LogP contribution in [-0.2, 0) is 11.3 Å². The van der Waals surface area contributed by atoms with E-state index in [0.29, 0.717) is 48.1 Å². The first kappa shape index (κ1) is 26.7. The van der Waals surface area contributed by atoms with Crippen LogP contribution in [0.1, 0.15) is 56.5 Å². The molecule has 0 aliphatic carbocycles. The van der Waals surface area contributed by atoms with E-state index in [1.807, 2.05) is 88.1 Å². The lowest BCUT2D eigenvalue weighted by Crippen LogP contribution is -2.42. The number of carbonyl (C=O) groups is 1. The van der Waals surface area contributed by atoms with Crippen molar-refractivity contribution in [3.8, 4) is 17.4 Å². The minimum atomic E-state index is -0.519. The summed E-state index contributed by atoms with van der Waals surface area (Å²) in [7, 11) is 0. The smallest absolute Gasteiger partial charge is 0.410 e. The minimum absolute atomic E-state index is 0.110. The van der Waals surface area contributed by atoms with Gasteiger partial charge >= 0.3 is 6.09 Å². The number of hydrogen-bond donors (Lipinski definition) is 0. The SMILES string of the molecule is Cc1cn2nc(-c3nc(OCc4ccccc4)c4nn(C5CCN(C(=O)OC(C)(C)C)CC5)cc4n3)cc(C)c2n1. The molecule has 0 saturated carbocycles. The van der Waals surface area contributed by atoms with Gasteiger partial charge in [0, 0.05) is 13.1 Å². The number of ether oxygens (including phenoxy) is 2. The van der Waals surface area contributed by atoms with Crippen molar-refractivity contribution in [3.63, 3.8) is 0 Å². The summed E-state index contributed by atoms with van der Waals surface area (Å²) < 4.78 is 15.5. The lowest BCUT2D eigenvalue weighted by Gasteiger charge is -2.33. The number of likely N-dealkylation sites (tertiary alicyclic amines) is 1. The van der Waals surface area contributed by atoms with Crippen LogP contribution in [-0.4, -0.2) is 64.0 Å². The van der Waals surface area contributed by atoms with Crippen LogP contribution in [0.4, 0.5) is 4.79 Å². The Morgan fingerprint density at radius 2 is 1.76 bits per heavy atom. The van der Waals surface area contributed by atoms with E-state index in [9.17, 15) is 4.79 Å². The number of fused-ring (bicyclic) bond motifs is 2. The summed E-state index contributed by atoms with van der Waals surface area (Å²) in [5.74, 6) is 0.858. The summed E-state index contributed by atoms with van der Waals surface area (Å²) in [6.07, 6.45) is 5.06. The number of aryl methyl sites for hydroxylation is 2. The Balaban J connectivity index is 1.32. The van der Waals surface area contributed by atoms with Gasteiger partial charge in [0.2, 0.25) is 5.88 Å². The van der Waals surface area contributed by atoms with Gasteiger partial charge in [0.15, 0.2) is 17.0 Å². The Labute approximate surface area is 238 Å². The van der Waals surface area contributed by atoms with Gasteiger partial charge in [0.05, 0.1) is 24.1 Å². The molecular weight excluding hydrogens is 520 g/mol. The van der Waals surface area contributed by atoms with Gasteiger partial charge in [-0.2, -0.15) is 15.2 Å². The van der Waals surface area contributed by atoms with Crippen LogP contribution in [0.3, 0.4) is 0 Å². The predicted molar refractivity (Wildman–Crippen MR) is 154 cm³/mol. The van der Waals surface area contributed by atoms with Gasteiger partial charge in [0.25, 0.3) is 0 Å². The number of aromatic nitrogens is 7. The molecule has 11 nitrogen and oxygen atoms in total. The van der Waals surface area contributed by atoms with Crippen LogP contribution in [0.2, 0.25) is 0 Å². The summed E-state index contributed by atoms with van der Waals surface area (Å²) in [5, 5.41) is 9.62. The zero-order valence-electron chi connectivity index (χ0n) is 24.0. The summed E-state index contributed by atoms with van der Waals surface area (Å²) >= 11 is 0. The van der Waals surface area contributed by atoms with Crippen LogP contribution in [0.15, 0.2) is 48.8 Å². The molecule has 1 aromatic carbocycles. The topological polar surface area (TPSA) is 113 Å². The Morgan fingerprint density at radius 1 is 1.00 bits per heavy atom. The van der Waals surface area contributed by atoms with Crippen LogP contribution < -0.4 is 4.74 Å². The minimum Gasteiger partial charge on any atom is -0.471 e. The van der Waals surface area contributed by atoms with E-state index in [0.717, 1.165) is 35.3 Å². The van der Waals surface area contributed by atoms with E-state index >= 15 is 0 Å². The van der Waals surface area contributed by atoms with E-state index < -0.39 is 5.60 Å². The molecule has 212 valence electrons. The maximum atomic E-state index is 12.5. The molecule has 5 aromatic rings. The quantitative estimate of drug-likeness (QED) is 0.288. The van der Waals surface area contributed by atoms with Gasteiger partial charge in [0.1, 0.15) is 23.4 Å². The number of carbonyl (C=O) groups excluding carboxylic acids is 1. The second-order valence-corrected chi connectivity index (χ2v) is 11.5. The van der Waals surface area contributed by atoms with E-state index in [1.54, 1.807) is 9.42 Å². The molecule has 0 unspecified atom stereocenters. The van der Waals surface area contributed by atoms with Crippen molar-refractivity contribution in [1.82, 2.24) is 39.2 Å². The maximum Gasteiger partial charge on any atom is 0.410 e. The Kier molecular flexibility index (Phi) is 6.80. The van der Waals surface area contributed by atoms with E-state index in [-0.39, 0.29) is 12.1 Å². The van der Waals surface area contributed by atoms with Crippen molar-refractivity contribution >= 4 is 22.8 Å². The molecule has 1 amide bonds. The van der Waals surface area contributed by atoms with Crippen LogP contribution in [0.5, 0.6) is 5.88 Å². The average molecular weight is 555 g/mol. The van der Waals surface area contributed by atoms with Gasteiger partial charge in [-0.25, -0.2) is 19.3 Å². The summed E-state index contributed by atoms with van der Waals surface area (Å²) in [6, 6.07) is 12.0. The molecule has 11 heteroatoms. The molecule has 0 radical (unpaired) electrons. The van der Waals surface area contributed by atoms with Crippen molar-refractivity contribution in [2.24, 2.45) is 0 Å². The normalized spacial score (nSPS) is 14.6. The lowest BCUT2D eigenvalue weighted by atomic mass is 10.1. The first-order valence-electron chi connectivity index (χ1n) is 13.9. The molecule has 41 heavy (non-hydrogen) atoms. The fourth-order valence-corrected chi connectivity index (χ4v) is 5.03. The van der Waals surface area contributed by atoms with E-state index in [4.69, 9.17) is 29.6 Å². The zero-order valence-corrected chi connectivity index (χ0v) is 24.0. The highest BCUT2D eigenvalue weighted by atomic mass is 16.6. The number of benzene rings is 1. The fourth-order valence-electron chi connectivity index (χ4n) is 5.03. The van der Waals surface area contributed by atoms with Crippen molar-refractivity contribution in [2.75, 3.05) is 13.1 Å². The summed E-state index contributed by atoms with van der Waals surface area (Å²) in [6.45, 7) is 11.1. The highest BCUT2D eigenvalue weighted by Gasteiger charge is 2.29. The van der Waals surface area contributed by atoms with Crippen LogP contribution in [0.25, 0.3) is 28.2 Å². The van der Waals surface area contributed by atoms with Crippen molar-refractivity contribution in [3.05, 3.63) is 65.6 Å². The van der Waals surface area contributed by atoms with Crippen LogP contribution >= 0.6 is 0 Å². The van der Waals surface area contributed by atoms with Gasteiger partial charge in [-0.05, 0) is 64.7 Å². The molecule has 0 N–H and O–H groups in total. The van der Waals surface area contributed by atoms with Crippen molar-refractivity contribution in [2.45, 2.75) is 65.7 Å². The Bertz CT molecular complexity index is 1710. The molecule has 0 atom stereocenters. The van der Waals surface area contributed by atoms with Gasteiger partial charge in [-0.1, -0.05) is 30.3 Å². The summed E-state index contributed by atoms with van der Waals surface area (Å²) in [4.78, 5) is 28.5. The average Bonchev–Trinajstić information content (AvgIpc) is 3.55. The second-order valence-electron chi connectivity index (χ2n) is 11.5. The molecule has 1 aliphatic heterocycles. The molecule has 4 aromatic heterocycles. The Morgan fingerprint density at radius 3 is 2.49 bits per heavy atom. The van der Waals surface area contributed by atoms with Gasteiger partial charge in [-0.15, -0.1) is 0 Å². The number of rotatable bonds is 5. The van der Waals surface area contributed by atoms with E-state index in [1.165, 1.54) is 0 Å². The molecule has 0 bridgehead atoms. The third kappa shape index (κ3) is 5.70. The molecule has 6 rings (SSSR count). The molecular formula is C30H34N8O3. The first-order chi connectivity index (χ1) is 19.6. The van der Waals surface area contributed by atoms with Gasteiger partial charge in [-0.3, -0.25) is 4.68 Å². The number of nitrogens with zero attached hydrogens (tertiary/aromatic N) is 8. The number of amides is 1. The zero-order chi connectivity index (χ0) is 28.7. The number of piperidine rings is 1. The second kappa shape index (κ2) is 10.5. The molecule has 1 saturated heterocycles. The highest BCUT2D eigenvalue weighted by Crippen LogP contribution is 2.30. The largest absolute Gasteiger partial charge is 0.471 e. The highest BCUT2D eigenvalue weighted by molar-refractivity contribution is 5.81. The number of imidazole rings is 1. The molecule has 1 aliphatic rings. The van der Waals surface area contributed by atoms with Crippen LogP contribution in [0, 0.1) is 13.8 Å². The standard InChI is InChI=1S/C30H34N8O3/c1-19-15-23(34-38-16-20(2)31-27(19)38)26-32-24-17-37(22-11-13-36(14-12-22)29(39)41-30(3,4)5)35-25(24)28(33-26)40-18-21-9-7-6-8-10-21/h6-10,15-17,22H,11-14,18H2,1-5H3. The van der Waals surface area contributed by atoms with Crippen molar-refractivity contribution < 1.29 is 14.3 Å². The summed E-state index contributed by atoms with van der Waals surface area (Å²) in [5.41, 5.74) is 5.07. The molecule has 0 spiro atoms. The molecule has 1 fully saturated rings. The van der Waals surface area contributed by atoms with Crippen molar-refractivity contribution in [1.29, 1.82) is 0 Å². The monoisotopic (exact) mass is 554 g/mol. The lowest BCUT2D eigenvalue weighted by molar-refractivity contribution is 0.0185. The van der Waals surface area contributed by atoms with Gasteiger partial charge < -0.3 is 14.4 Å². The number of hydrogen-bond acceptors (Lipinski definition) is 8. The molecule has 5 heterocycles. The first-order valence-corrected chi connectivity index (χ1v) is 13.9.